The predicted molar refractivity (Wildman–Crippen MR) is 82.5 cm³/mol. The van der Waals surface area contributed by atoms with E-state index >= 15 is 0 Å². The zero-order valence-electron chi connectivity index (χ0n) is 10.9. The second-order valence-corrected chi connectivity index (χ2v) is 5.40. The van der Waals surface area contributed by atoms with E-state index in [9.17, 15) is 9.90 Å². The van der Waals surface area contributed by atoms with Crippen LogP contribution in [-0.2, 0) is 0 Å². The minimum absolute atomic E-state index is 0.133. The van der Waals surface area contributed by atoms with Crippen molar-refractivity contribution in [2.24, 2.45) is 0 Å². The van der Waals surface area contributed by atoms with E-state index in [0.717, 1.165) is 10.0 Å². The first-order valence-corrected chi connectivity index (χ1v) is 7.23. The van der Waals surface area contributed by atoms with Crippen LogP contribution >= 0.6 is 15.9 Å². The third kappa shape index (κ3) is 4.18. The fourth-order valence-electron chi connectivity index (χ4n) is 1.90. The van der Waals surface area contributed by atoms with Gasteiger partial charge in [0.2, 0.25) is 0 Å². The number of aliphatic hydroxyl groups excluding tert-OH is 1. The molecule has 3 nitrogen and oxygen atoms in total. The van der Waals surface area contributed by atoms with Crippen molar-refractivity contribution in [3.63, 3.8) is 0 Å². The molecule has 0 fully saturated rings. The first-order valence-electron chi connectivity index (χ1n) is 6.43. The average Bonchev–Trinajstić information content (AvgIpc) is 2.48. The molecular formula is C16H16BrNO2. The highest BCUT2D eigenvalue weighted by Gasteiger charge is 2.09. The van der Waals surface area contributed by atoms with Gasteiger partial charge in [0.25, 0.3) is 5.91 Å². The van der Waals surface area contributed by atoms with Crippen LogP contribution in [0.3, 0.4) is 0 Å². The molecule has 0 saturated heterocycles. The van der Waals surface area contributed by atoms with E-state index in [2.05, 4.69) is 21.2 Å². The molecule has 1 amide bonds. The van der Waals surface area contributed by atoms with E-state index in [-0.39, 0.29) is 5.91 Å². The summed E-state index contributed by atoms with van der Waals surface area (Å²) in [6, 6.07) is 16.6. The van der Waals surface area contributed by atoms with Gasteiger partial charge in [0.1, 0.15) is 0 Å². The van der Waals surface area contributed by atoms with E-state index < -0.39 is 6.10 Å². The van der Waals surface area contributed by atoms with Crippen molar-refractivity contribution in [3.8, 4) is 0 Å². The summed E-state index contributed by atoms with van der Waals surface area (Å²) in [5.74, 6) is -0.133. The van der Waals surface area contributed by atoms with Crippen molar-refractivity contribution in [2.75, 3.05) is 6.54 Å². The Labute approximate surface area is 126 Å². The first-order chi connectivity index (χ1) is 9.66. The lowest BCUT2D eigenvalue weighted by molar-refractivity contribution is 0.0942. The van der Waals surface area contributed by atoms with Gasteiger partial charge < -0.3 is 10.4 Å². The summed E-state index contributed by atoms with van der Waals surface area (Å²) in [5.41, 5.74) is 1.47. The lowest BCUT2D eigenvalue weighted by atomic mass is 10.1. The molecule has 0 aliphatic carbocycles. The highest BCUT2D eigenvalue weighted by atomic mass is 79.9. The molecule has 0 aliphatic heterocycles. The highest BCUT2D eigenvalue weighted by molar-refractivity contribution is 9.10. The van der Waals surface area contributed by atoms with Crippen LogP contribution in [0.25, 0.3) is 0 Å². The lowest BCUT2D eigenvalue weighted by Gasteiger charge is -2.11. The Morgan fingerprint density at radius 3 is 2.60 bits per heavy atom. The van der Waals surface area contributed by atoms with Crippen LogP contribution in [0.2, 0.25) is 0 Å². The minimum Gasteiger partial charge on any atom is -0.388 e. The Morgan fingerprint density at radius 2 is 1.90 bits per heavy atom. The van der Waals surface area contributed by atoms with Gasteiger partial charge in [0.05, 0.1) is 6.10 Å². The number of benzene rings is 2. The molecular weight excluding hydrogens is 318 g/mol. The number of aliphatic hydroxyl groups is 1. The largest absolute Gasteiger partial charge is 0.388 e. The molecule has 20 heavy (non-hydrogen) atoms. The second-order valence-electron chi connectivity index (χ2n) is 4.48. The van der Waals surface area contributed by atoms with Crippen LogP contribution in [-0.4, -0.2) is 17.6 Å². The van der Waals surface area contributed by atoms with Crippen molar-refractivity contribution >= 4 is 21.8 Å². The summed E-state index contributed by atoms with van der Waals surface area (Å²) in [4.78, 5) is 11.9. The second kappa shape index (κ2) is 7.22. The van der Waals surface area contributed by atoms with Gasteiger partial charge in [-0.25, -0.2) is 0 Å². The molecule has 2 rings (SSSR count). The van der Waals surface area contributed by atoms with Crippen molar-refractivity contribution < 1.29 is 9.90 Å². The van der Waals surface area contributed by atoms with E-state index in [0.29, 0.717) is 18.5 Å². The summed E-state index contributed by atoms with van der Waals surface area (Å²) in [7, 11) is 0. The number of carbonyl (C=O) groups is 1. The molecule has 0 spiro atoms. The lowest BCUT2D eigenvalue weighted by Crippen LogP contribution is -2.25. The summed E-state index contributed by atoms with van der Waals surface area (Å²) >= 11 is 3.33. The van der Waals surface area contributed by atoms with E-state index in [4.69, 9.17) is 0 Å². The zero-order chi connectivity index (χ0) is 14.4. The molecule has 0 radical (unpaired) electrons. The third-order valence-corrected chi connectivity index (χ3v) is 3.47. The zero-order valence-corrected chi connectivity index (χ0v) is 12.5. The Balaban J connectivity index is 1.83. The van der Waals surface area contributed by atoms with Gasteiger partial charge >= 0.3 is 0 Å². The average molecular weight is 334 g/mol. The number of amides is 1. The van der Waals surface area contributed by atoms with E-state index in [1.807, 2.05) is 42.5 Å². The predicted octanol–water partition coefficient (Wildman–Crippen LogP) is 3.30. The van der Waals surface area contributed by atoms with Crippen LogP contribution in [0.5, 0.6) is 0 Å². The summed E-state index contributed by atoms with van der Waals surface area (Å²) in [6.07, 6.45) is -0.0666. The molecule has 1 unspecified atom stereocenters. The van der Waals surface area contributed by atoms with Crippen LogP contribution in [0.1, 0.15) is 28.4 Å². The molecule has 0 aliphatic rings. The Hall–Kier alpha value is -1.65. The number of halogens is 1. The standard InChI is InChI=1S/C16H16BrNO2/c17-14-8-4-7-13(11-14)16(20)18-10-9-15(19)12-5-2-1-3-6-12/h1-8,11,15,19H,9-10H2,(H,18,20). The minimum atomic E-state index is -0.556. The van der Waals surface area contributed by atoms with Gasteiger partial charge in [-0.05, 0) is 30.2 Å². The third-order valence-electron chi connectivity index (χ3n) is 2.97. The Bertz CT molecular complexity index is 572. The van der Waals surface area contributed by atoms with Crippen LogP contribution < -0.4 is 5.32 Å². The SMILES string of the molecule is O=C(NCCC(O)c1ccccc1)c1cccc(Br)c1. The number of hydrogen-bond donors (Lipinski definition) is 2. The van der Waals surface area contributed by atoms with Gasteiger partial charge in [0.15, 0.2) is 0 Å². The summed E-state index contributed by atoms with van der Waals surface area (Å²) in [6.45, 7) is 0.432. The molecule has 104 valence electrons. The van der Waals surface area contributed by atoms with Gasteiger partial charge in [-0.2, -0.15) is 0 Å². The van der Waals surface area contributed by atoms with Crippen molar-refractivity contribution in [2.45, 2.75) is 12.5 Å². The van der Waals surface area contributed by atoms with Crippen molar-refractivity contribution in [3.05, 3.63) is 70.2 Å². The van der Waals surface area contributed by atoms with Gasteiger partial charge in [0, 0.05) is 16.6 Å². The van der Waals surface area contributed by atoms with Crippen molar-refractivity contribution in [1.29, 1.82) is 0 Å². The topological polar surface area (TPSA) is 49.3 Å². The summed E-state index contributed by atoms with van der Waals surface area (Å²) in [5, 5.41) is 12.8. The van der Waals surface area contributed by atoms with Crippen molar-refractivity contribution in [1.82, 2.24) is 5.32 Å². The smallest absolute Gasteiger partial charge is 0.251 e. The maximum absolute atomic E-state index is 11.9. The Kier molecular flexibility index (Phi) is 5.32. The molecule has 1 atom stereocenters. The van der Waals surface area contributed by atoms with Gasteiger partial charge in [-0.1, -0.05) is 52.3 Å². The normalized spacial score (nSPS) is 11.9. The first kappa shape index (κ1) is 14.8. The molecule has 2 aromatic rings. The fourth-order valence-corrected chi connectivity index (χ4v) is 2.30. The molecule has 2 aromatic carbocycles. The molecule has 0 saturated carbocycles. The number of nitrogens with one attached hydrogen (secondary N) is 1. The van der Waals surface area contributed by atoms with Crippen LogP contribution in [0.15, 0.2) is 59.1 Å². The number of hydrogen-bond acceptors (Lipinski definition) is 2. The fraction of sp³-hybridized carbons (Fsp3) is 0.188. The quantitative estimate of drug-likeness (QED) is 0.881. The summed E-state index contributed by atoms with van der Waals surface area (Å²) < 4.78 is 0.870. The Morgan fingerprint density at radius 1 is 1.15 bits per heavy atom. The number of carbonyl (C=O) groups excluding carboxylic acids is 1. The van der Waals surface area contributed by atoms with E-state index in [1.165, 1.54) is 0 Å². The molecule has 0 heterocycles. The molecule has 2 N–H and O–H groups in total. The molecule has 0 bridgehead atoms. The van der Waals surface area contributed by atoms with Gasteiger partial charge in [-0.3, -0.25) is 4.79 Å². The molecule has 0 aromatic heterocycles. The maximum atomic E-state index is 11.9. The monoisotopic (exact) mass is 333 g/mol. The van der Waals surface area contributed by atoms with E-state index in [1.54, 1.807) is 12.1 Å². The highest BCUT2D eigenvalue weighted by Crippen LogP contribution is 2.15. The van der Waals surface area contributed by atoms with Crippen LogP contribution in [0, 0.1) is 0 Å². The maximum Gasteiger partial charge on any atom is 0.251 e. The molecule has 4 heteroatoms. The van der Waals surface area contributed by atoms with Crippen LogP contribution in [0.4, 0.5) is 0 Å². The van der Waals surface area contributed by atoms with Gasteiger partial charge in [-0.15, -0.1) is 0 Å². The number of rotatable bonds is 5.